The van der Waals surface area contributed by atoms with Crippen LogP contribution in [0, 0.1) is 23.2 Å². The molecule has 0 aromatic heterocycles. The van der Waals surface area contributed by atoms with Crippen molar-refractivity contribution in [2.45, 2.75) is 90.6 Å². The maximum absolute atomic E-state index is 12.9. The molecule has 3 fully saturated rings. The van der Waals surface area contributed by atoms with E-state index < -0.39 is 12.1 Å². The highest BCUT2D eigenvalue weighted by atomic mass is 16.6. The molecule has 3 rings (SSSR count). The number of nitrogens with zero attached hydrogens (tertiary/aromatic N) is 1. The number of methoxy groups -OCH3 is 1. The lowest BCUT2D eigenvalue weighted by atomic mass is 9.48. The summed E-state index contributed by atoms with van der Waals surface area (Å²) in [5, 5.41) is 2.80. The fourth-order valence-electron chi connectivity index (χ4n) is 6.10. The third-order valence-electron chi connectivity index (χ3n) is 8.29. The smallest absolute Gasteiger partial charge is 0.408 e. The predicted molar refractivity (Wildman–Crippen MR) is 128 cm³/mol. The fraction of sp³-hybridized carbons (Fsp3) is 0.846. The van der Waals surface area contributed by atoms with Gasteiger partial charge in [0.15, 0.2) is 0 Å². The average Bonchev–Trinajstić information content (AvgIpc) is 3.50. The molecule has 188 valence electrons. The second kappa shape index (κ2) is 9.95. The van der Waals surface area contributed by atoms with E-state index in [4.69, 9.17) is 14.2 Å². The first-order valence-corrected chi connectivity index (χ1v) is 12.4. The summed E-state index contributed by atoms with van der Waals surface area (Å²) in [6.07, 6.45) is 6.16. The van der Waals surface area contributed by atoms with E-state index in [0.29, 0.717) is 12.3 Å². The van der Waals surface area contributed by atoms with E-state index in [2.05, 4.69) is 32.2 Å². The molecule has 7 heteroatoms. The third-order valence-corrected chi connectivity index (χ3v) is 8.29. The van der Waals surface area contributed by atoms with Crippen molar-refractivity contribution in [3.05, 3.63) is 11.6 Å². The molecule has 0 bridgehead atoms. The number of rotatable bonds is 8. The molecule has 1 saturated heterocycles. The van der Waals surface area contributed by atoms with Gasteiger partial charge in [0.1, 0.15) is 18.2 Å². The van der Waals surface area contributed by atoms with Crippen LogP contribution in [0.5, 0.6) is 0 Å². The Morgan fingerprint density at radius 2 is 1.88 bits per heavy atom. The van der Waals surface area contributed by atoms with Crippen molar-refractivity contribution < 1.29 is 23.8 Å². The fourth-order valence-corrected chi connectivity index (χ4v) is 6.10. The quantitative estimate of drug-likeness (QED) is 0.431. The summed E-state index contributed by atoms with van der Waals surface area (Å²) in [5.74, 6) is 0.570. The number of hydrogen-bond acceptors (Lipinski definition) is 5. The number of alkyl carbamates (subject to hydrolysis) is 1. The van der Waals surface area contributed by atoms with Crippen LogP contribution in [-0.4, -0.2) is 68.6 Å². The lowest BCUT2D eigenvalue weighted by molar-refractivity contribution is -0.171. The molecule has 7 nitrogen and oxygen atoms in total. The molecule has 2 saturated carbocycles. The number of allylic oxidation sites excluding steroid dienone is 2. The molecule has 0 aromatic carbocycles. The molecule has 1 spiro atoms. The van der Waals surface area contributed by atoms with Crippen LogP contribution in [0.1, 0.15) is 66.7 Å². The van der Waals surface area contributed by atoms with Crippen molar-refractivity contribution in [2.24, 2.45) is 23.2 Å². The summed E-state index contributed by atoms with van der Waals surface area (Å²) in [6.45, 7) is 11.3. The Morgan fingerprint density at radius 1 is 1.21 bits per heavy atom. The first-order valence-electron chi connectivity index (χ1n) is 12.4. The summed E-state index contributed by atoms with van der Waals surface area (Å²) in [7, 11) is 5.10. The molecule has 2 unspecified atom stereocenters. The van der Waals surface area contributed by atoms with Gasteiger partial charge in [0.05, 0.1) is 12.2 Å². The molecule has 7 atom stereocenters. The van der Waals surface area contributed by atoms with Gasteiger partial charge < -0.3 is 24.4 Å². The van der Waals surface area contributed by atoms with Gasteiger partial charge in [0.25, 0.3) is 0 Å². The van der Waals surface area contributed by atoms with E-state index >= 15 is 0 Å². The number of likely N-dealkylation sites (N-methyl/N-ethyl adjacent to an activating group) is 1. The first-order chi connectivity index (χ1) is 15.4. The van der Waals surface area contributed by atoms with Gasteiger partial charge in [-0.2, -0.15) is 0 Å². The minimum Gasteiger partial charge on any atom is -0.443 e. The van der Waals surface area contributed by atoms with Gasteiger partial charge in [-0.15, -0.1) is 0 Å². The largest absolute Gasteiger partial charge is 0.443 e. The SMILES string of the molecule is CO[C@@H]1[C@H](OC(=O)NC(C(=O)N(C)C)C(C)C)CCC2(CO2)[C@H]1[C@@]1(C)CC[C@@H]1CC=C(C)C. The topological polar surface area (TPSA) is 80.4 Å². The lowest BCUT2D eigenvalue weighted by Crippen LogP contribution is -2.61. The Bertz CT molecular complexity index is 756. The van der Waals surface area contributed by atoms with Gasteiger partial charge in [-0.05, 0) is 63.2 Å². The number of hydrogen-bond donors (Lipinski definition) is 1. The summed E-state index contributed by atoms with van der Waals surface area (Å²) in [5.41, 5.74) is 1.28. The number of carbonyl (C=O) groups is 2. The molecule has 3 aliphatic rings. The highest BCUT2D eigenvalue weighted by Gasteiger charge is 2.67. The summed E-state index contributed by atoms with van der Waals surface area (Å²) in [6, 6.07) is -0.622. The summed E-state index contributed by atoms with van der Waals surface area (Å²) in [4.78, 5) is 26.9. The molecule has 2 aliphatic carbocycles. The second-order valence-electron chi connectivity index (χ2n) is 11.4. The Balaban J connectivity index is 1.75. The molecular weight excluding hydrogens is 420 g/mol. The molecule has 0 aromatic rings. The summed E-state index contributed by atoms with van der Waals surface area (Å²) < 4.78 is 18.1. The number of epoxide rings is 1. The Hall–Kier alpha value is -1.60. The van der Waals surface area contributed by atoms with E-state index in [0.717, 1.165) is 25.9 Å². The van der Waals surface area contributed by atoms with Crippen LogP contribution >= 0.6 is 0 Å². The maximum atomic E-state index is 12.9. The Morgan fingerprint density at radius 3 is 2.33 bits per heavy atom. The zero-order valence-corrected chi connectivity index (χ0v) is 21.8. The summed E-state index contributed by atoms with van der Waals surface area (Å²) >= 11 is 0. The maximum Gasteiger partial charge on any atom is 0.408 e. The standard InChI is InChI=1S/C26H44N2O5/c1-16(2)9-10-18-11-13-25(18,5)22-21(31-8)19(12-14-26(22)15-32-26)33-24(30)27-20(17(3)4)23(29)28(6)7/h9,17-22H,10-15H2,1-8H3,(H,27,30)/t18-,19+,20?,21+,22+,25-,26?/m0/s1. The van der Waals surface area contributed by atoms with Gasteiger partial charge >= 0.3 is 6.09 Å². The Labute approximate surface area is 199 Å². The highest BCUT2D eigenvalue weighted by Crippen LogP contribution is 2.63. The van der Waals surface area contributed by atoms with Crippen LogP contribution in [0.25, 0.3) is 0 Å². The van der Waals surface area contributed by atoms with Crippen LogP contribution in [0.15, 0.2) is 11.6 Å². The minimum absolute atomic E-state index is 0.0439. The van der Waals surface area contributed by atoms with Gasteiger partial charge in [0, 0.05) is 27.1 Å². The number of carbonyl (C=O) groups excluding carboxylic acids is 2. The van der Waals surface area contributed by atoms with Gasteiger partial charge in [-0.3, -0.25) is 4.79 Å². The zero-order valence-electron chi connectivity index (χ0n) is 21.8. The first kappa shape index (κ1) is 26.0. The van der Waals surface area contributed by atoms with Crippen molar-refractivity contribution in [1.29, 1.82) is 0 Å². The van der Waals surface area contributed by atoms with Crippen LogP contribution in [-0.2, 0) is 19.0 Å². The van der Waals surface area contributed by atoms with Gasteiger partial charge in [-0.25, -0.2) is 4.79 Å². The van der Waals surface area contributed by atoms with Gasteiger partial charge in [0.2, 0.25) is 5.91 Å². The second-order valence-corrected chi connectivity index (χ2v) is 11.4. The molecule has 1 aliphatic heterocycles. The van der Waals surface area contributed by atoms with Crippen molar-refractivity contribution in [3.8, 4) is 0 Å². The molecule has 1 heterocycles. The van der Waals surface area contributed by atoms with E-state index in [1.54, 1.807) is 21.2 Å². The molecule has 33 heavy (non-hydrogen) atoms. The zero-order chi connectivity index (χ0) is 24.6. The number of nitrogens with one attached hydrogen (secondary N) is 1. The van der Waals surface area contributed by atoms with Crippen molar-refractivity contribution in [3.63, 3.8) is 0 Å². The van der Waals surface area contributed by atoms with E-state index in [1.807, 2.05) is 13.8 Å². The monoisotopic (exact) mass is 464 g/mol. The number of amides is 2. The molecule has 0 radical (unpaired) electrons. The minimum atomic E-state index is -0.622. The predicted octanol–water partition coefficient (Wildman–Crippen LogP) is 4.16. The van der Waals surface area contributed by atoms with Crippen LogP contribution < -0.4 is 5.32 Å². The molecular formula is C26H44N2O5. The van der Waals surface area contributed by atoms with Crippen molar-refractivity contribution in [1.82, 2.24) is 10.2 Å². The normalized spacial score (nSPS) is 36.0. The molecule has 1 N–H and O–H groups in total. The van der Waals surface area contributed by atoms with Crippen molar-refractivity contribution >= 4 is 12.0 Å². The van der Waals surface area contributed by atoms with Crippen LogP contribution in [0.4, 0.5) is 4.79 Å². The van der Waals surface area contributed by atoms with E-state index in [-0.39, 0.29) is 41.0 Å². The average molecular weight is 465 g/mol. The highest BCUT2D eigenvalue weighted by molar-refractivity contribution is 5.85. The van der Waals surface area contributed by atoms with Gasteiger partial charge in [-0.1, -0.05) is 32.4 Å². The van der Waals surface area contributed by atoms with E-state index in [1.165, 1.54) is 16.9 Å². The lowest BCUT2D eigenvalue weighted by Gasteiger charge is -2.58. The third kappa shape index (κ3) is 5.24. The van der Waals surface area contributed by atoms with Crippen LogP contribution in [0.3, 0.4) is 0 Å². The van der Waals surface area contributed by atoms with Crippen molar-refractivity contribution in [2.75, 3.05) is 27.8 Å². The number of ether oxygens (including phenoxy) is 3. The van der Waals surface area contributed by atoms with Crippen LogP contribution in [0.2, 0.25) is 0 Å². The van der Waals surface area contributed by atoms with E-state index in [9.17, 15) is 9.59 Å². The Kier molecular flexibility index (Phi) is 7.84. The molecule has 2 amide bonds.